The minimum absolute atomic E-state index is 0.608. The molecule has 3 nitrogen and oxygen atoms in total. The van der Waals surface area contributed by atoms with Crippen molar-refractivity contribution in [2.24, 2.45) is 0 Å². The lowest BCUT2D eigenvalue weighted by Crippen LogP contribution is -2.38. The lowest BCUT2D eigenvalue weighted by molar-refractivity contribution is 0.192. The van der Waals surface area contributed by atoms with Gasteiger partial charge in [-0.2, -0.15) is 0 Å². The molecule has 1 aliphatic rings. The van der Waals surface area contributed by atoms with Crippen molar-refractivity contribution in [3.8, 4) is 0 Å². The van der Waals surface area contributed by atoms with Gasteiger partial charge in [0, 0.05) is 49.0 Å². The molecule has 0 bridgehead atoms. The molecule has 0 amide bonds. The number of rotatable bonds is 4. The molecule has 0 N–H and O–H groups in total. The van der Waals surface area contributed by atoms with E-state index in [-0.39, 0.29) is 0 Å². The molecule has 0 saturated carbocycles. The minimum Gasteiger partial charge on any atom is -0.344 e. The third-order valence-electron chi connectivity index (χ3n) is 6.09. The SMILES string of the molecule is CCN1Cc2c(n(CCc3ccncc3)c3c(C)ccc(C)c23)CC1C. The Morgan fingerprint density at radius 1 is 1.08 bits per heavy atom. The van der Waals surface area contributed by atoms with Crippen LogP contribution < -0.4 is 0 Å². The van der Waals surface area contributed by atoms with Crippen molar-refractivity contribution in [1.29, 1.82) is 0 Å². The summed E-state index contributed by atoms with van der Waals surface area (Å²) < 4.78 is 2.62. The van der Waals surface area contributed by atoms with E-state index in [0.717, 1.165) is 32.5 Å². The molecule has 1 unspecified atom stereocenters. The molecule has 0 aliphatic carbocycles. The van der Waals surface area contributed by atoms with Gasteiger partial charge in [0.1, 0.15) is 0 Å². The van der Waals surface area contributed by atoms with E-state index in [1.807, 2.05) is 12.4 Å². The molecule has 3 heteroatoms. The fourth-order valence-corrected chi connectivity index (χ4v) is 4.60. The van der Waals surface area contributed by atoms with Crippen LogP contribution in [0.5, 0.6) is 0 Å². The maximum Gasteiger partial charge on any atom is 0.0518 e. The molecule has 0 spiro atoms. The Hall–Kier alpha value is -2.13. The molecule has 1 aromatic carbocycles. The largest absolute Gasteiger partial charge is 0.344 e. The maximum absolute atomic E-state index is 4.15. The number of likely N-dealkylation sites (N-methyl/N-ethyl adjacent to an activating group) is 1. The Balaban J connectivity index is 1.84. The van der Waals surface area contributed by atoms with Crippen LogP contribution in [0.4, 0.5) is 0 Å². The van der Waals surface area contributed by atoms with E-state index in [2.05, 4.69) is 66.4 Å². The van der Waals surface area contributed by atoms with E-state index < -0.39 is 0 Å². The standard InChI is InChI=1S/C23H29N3/c1-5-25-15-20-21(14-18(25)4)26(13-10-19-8-11-24-12-9-19)23-17(3)7-6-16(2)22(20)23/h6-9,11-12,18H,5,10,13-15H2,1-4H3. The van der Waals surface area contributed by atoms with Crippen LogP contribution in [-0.4, -0.2) is 27.0 Å². The van der Waals surface area contributed by atoms with Crippen LogP contribution in [0.15, 0.2) is 36.7 Å². The first kappa shape index (κ1) is 17.3. The zero-order valence-electron chi connectivity index (χ0n) is 16.4. The summed E-state index contributed by atoms with van der Waals surface area (Å²) in [5.74, 6) is 0. The van der Waals surface area contributed by atoms with Crippen LogP contribution in [0.1, 0.15) is 41.8 Å². The van der Waals surface area contributed by atoms with E-state index in [4.69, 9.17) is 0 Å². The topological polar surface area (TPSA) is 21.1 Å². The van der Waals surface area contributed by atoms with Gasteiger partial charge >= 0.3 is 0 Å². The zero-order valence-corrected chi connectivity index (χ0v) is 16.4. The molecule has 136 valence electrons. The lowest BCUT2D eigenvalue weighted by Gasteiger charge is -2.33. The molecule has 1 aliphatic heterocycles. The minimum atomic E-state index is 0.608. The van der Waals surface area contributed by atoms with Crippen molar-refractivity contribution >= 4 is 10.9 Å². The van der Waals surface area contributed by atoms with E-state index in [9.17, 15) is 0 Å². The Kier molecular flexibility index (Phi) is 4.58. The van der Waals surface area contributed by atoms with Crippen LogP contribution in [0.3, 0.4) is 0 Å². The van der Waals surface area contributed by atoms with Gasteiger partial charge in [0.05, 0.1) is 5.52 Å². The van der Waals surface area contributed by atoms with Crippen molar-refractivity contribution in [2.45, 2.75) is 59.7 Å². The average molecular weight is 348 g/mol. The van der Waals surface area contributed by atoms with Crippen molar-refractivity contribution < 1.29 is 0 Å². The Morgan fingerprint density at radius 2 is 1.81 bits per heavy atom. The molecule has 2 aromatic heterocycles. The van der Waals surface area contributed by atoms with E-state index in [0.29, 0.717) is 6.04 Å². The summed E-state index contributed by atoms with van der Waals surface area (Å²) in [7, 11) is 0. The third-order valence-corrected chi connectivity index (χ3v) is 6.09. The molecular formula is C23H29N3. The van der Waals surface area contributed by atoms with Crippen LogP contribution in [0, 0.1) is 13.8 Å². The van der Waals surface area contributed by atoms with Crippen molar-refractivity contribution in [3.05, 3.63) is 64.6 Å². The van der Waals surface area contributed by atoms with E-state index in [1.165, 1.54) is 27.6 Å². The first-order valence-corrected chi connectivity index (χ1v) is 9.83. The van der Waals surface area contributed by atoms with Crippen molar-refractivity contribution in [1.82, 2.24) is 14.5 Å². The molecule has 3 heterocycles. The number of aryl methyl sites for hydroxylation is 4. The summed E-state index contributed by atoms with van der Waals surface area (Å²) in [5.41, 5.74) is 8.74. The molecule has 26 heavy (non-hydrogen) atoms. The lowest BCUT2D eigenvalue weighted by atomic mass is 9.97. The molecule has 3 aromatic rings. The predicted molar refractivity (Wildman–Crippen MR) is 109 cm³/mol. The number of hydrogen-bond acceptors (Lipinski definition) is 2. The van der Waals surface area contributed by atoms with Crippen LogP contribution in [-0.2, 0) is 25.9 Å². The van der Waals surface area contributed by atoms with Crippen LogP contribution >= 0.6 is 0 Å². The van der Waals surface area contributed by atoms with Gasteiger partial charge in [-0.05, 0) is 68.1 Å². The zero-order chi connectivity index (χ0) is 18.3. The van der Waals surface area contributed by atoms with Crippen LogP contribution in [0.2, 0.25) is 0 Å². The molecular weight excluding hydrogens is 318 g/mol. The second kappa shape index (κ2) is 6.88. The highest BCUT2D eigenvalue weighted by Crippen LogP contribution is 2.36. The van der Waals surface area contributed by atoms with Crippen molar-refractivity contribution in [2.75, 3.05) is 6.54 Å². The molecule has 1 atom stereocenters. The summed E-state index contributed by atoms with van der Waals surface area (Å²) in [6.45, 7) is 12.4. The first-order valence-electron chi connectivity index (χ1n) is 9.83. The molecule has 0 radical (unpaired) electrons. The van der Waals surface area contributed by atoms with E-state index >= 15 is 0 Å². The number of aromatic nitrogens is 2. The smallest absolute Gasteiger partial charge is 0.0518 e. The number of nitrogens with zero attached hydrogens (tertiary/aromatic N) is 3. The van der Waals surface area contributed by atoms with Gasteiger partial charge in [0.2, 0.25) is 0 Å². The highest BCUT2D eigenvalue weighted by molar-refractivity contribution is 5.91. The highest BCUT2D eigenvalue weighted by atomic mass is 15.2. The maximum atomic E-state index is 4.15. The number of hydrogen-bond donors (Lipinski definition) is 0. The normalized spacial score (nSPS) is 17.6. The average Bonchev–Trinajstić information content (AvgIpc) is 2.97. The summed E-state index contributed by atoms with van der Waals surface area (Å²) in [4.78, 5) is 6.76. The molecule has 0 fully saturated rings. The van der Waals surface area contributed by atoms with Gasteiger partial charge in [0.25, 0.3) is 0 Å². The Bertz CT molecular complexity index is 924. The van der Waals surface area contributed by atoms with Gasteiger partial charge < -0.3 is 4.57 Å². The van der Waals surface area contributed by atoms with Gasteiger partial charge in [-0.1, -0.05) is 19.1 Å². The van der Waals surface area contributed by atoms with Crippen molar-refractivity contribution in [3.63, 3.8) is 0 Å². The predicted octanol–water partition coefficient (Wildman–Crippen LogP) is 4.66. The summed E-state index contributed by atoms with van der Waals surface area (Å²) in [5, 5.41) is 1.50. The first-order chi connectivity index (χ1) is 12.6. The fraction of sp³-hybridized carbons (Fsp3) is 0.435. The van der Waals surface area contributed by atoms with Gasteiger partial charge in [-0.15, -0.1) is 0 Å². The Labute approximate surface area is 156 Å². The monoisotopic (exact) mass is 347 g/mol. The fourth-order valence-electron chi connectivity index (χ4n) is 4.60. The van der Waals surface area contributed by atoms with Crippen LogP contribution in [0.25, 0.3) is 10.9 Å². The Morgan fingerprint density at radius 3 is 2.54 bits per heavy atom. The number of pyridine rings is 1. The van der Waals surface area contributed by atoms with E-state index in [1.54, 1.807) is 11.3 Å². The quantitative estimate of drug-likeness (QED) is 0.684. The third kappa shape index (κ3) is 2.84. The van der Waals surface area contributed by atoms with Gasteiger partial charge in [-0.25, -0.2) is 0 Å². The van der Waals surface area contributed by atoms with Gasteiger partial charge in [-0.3, -0.25) is 9.88 Å². The summed E-state index contributed by atoms with van der Waals surface area (Å²) in [6, 6.07) is 9.46. The van der Waals surface area contributed by atoms with Gasteiger partial charge in [0.15, 0.2) is 0 Å². The second-order valence-electron chi connectivity index (χ2n) is 7.72. The molecule has 0 saturated heterocycles. The highest BCUT2D eigenvalue weighted by Gasteiger charge is 2.28. The number of benzene rings is 1. The summed E-state index contributed by atoms with van der Waals surface area (Å²) in [6.07, 6.45) is 6.00. The summed E-state index contributed by atoms with van der Waals surface area (Å²) >= 11 is 0. The second-order valence-corrected chi connectivity index (χ2v) is 7.72. The molecule has 4 rings (SSSR count). The number of fused-ring (bicyclic) bond motifs is 3.